The van der Waals surface area contributed by atoms with Gasteiger partial charge in [-0.25, -0.2) is 4.79 Å². The smallest absolute Gasteiger partial charge is 0.339 e. The number of hydrogen-bond acceptors (Lipinski definition) is 5. The van der Waals surface area contributed by atoms with Gasteiger partial charge in [-0.05, 0) is 18.9 Å². The van der Waals surface area contributed by atoms with Gasteiger partial charge in [-0.15, -0.1) is 0 Å². The zero-order valence-corrected chi connectivity index (χ0v) is 10.0. The van der Waals surface area contributed by atoms with Gasteiger partial charge in [0, 0.05) is 12.5 Å². The van der Waals surface area contributed by atoms with E-state index in [0.29, 0.717) is 19.3 Å². The Morgan fingerprint density at radius 1 is 1.47 bits per heavy atom. The summed E-state index contributed by atoms with van der Waals surface area (Å²) in [5.74, 6) is -1.52. The molecule has 100 valence electrons. The Balaban J connectivity index is 2.86. The molecule has 0 saturated carbocycles. The SMILES string of the molecule is N#CCCCCOc1c(C(=O)O)cccc1[N+](=O)[O-]. The second-order valence-electron chi connectivity index (χ2n) is 3.68. The average molecular weight is 264 g/mol. The van der Waals surface area contributed by atoms with Crippen molar-refractivity contribution in [3.8, 4) is 11.8 Å². The summed E-state index contributed by atoms with van der Waals surface area (Å²) in [5.41, 5.74) is -0.616. The maximum Gasteiger partial charge on any atom is 0.339 e. The summed E-state index contributed by atoms with van der Waals surface area (Å²) in [4.78, 5) is 21.1. The number of nitro benzene ring substituents is 1. The van der Waals surface area contributed by atoms with Crippen LogP contribution >= 0.6 is 0 Å². The summed E-state index contributed by atoms with van der Waals surface area (Å²) >= 11 is 0. The first kappa shape index (κ1) is 14.4. The number of carbonyl (C=O) groups is 1. The molecule has 7 heteroatoms. The lowest BCUT2D eigenvalue weighted by Gasteiger charge is -2.08. The first-order chi connectivity index (χ1) is 9.07. The molecule has 0 saturated heterocycles. The lowest BCUT2D eigenvalue weighted by Crippen LogP contribution is -2.07. The van der Waals surface area contributed by atoms with E-state index in [2.05, 4.69) is 0 Å². The van der Waals surface area contributed by atoms with Crippen LogP contribution < -0.4 is 4.74 Å². The zero-order chi connectivity index (χ0) is 14.3. The first-order valence-electron chi connectivity index (χ1n) is 5.58. The van der Waals surface area contributed by atoms with Gasteiger partial charge in [-0.2, -0.15) is 5.26 Å². The molecule has 1 N–H and O–H groups in total. The van der Waals surface area contributed by atoms with E-state index in [9.17, 15) is 14.9 Å². The van der Waals surface area contributed by atoms with Gasteiger partial charge in [0.05, 0.1) is 17.6 Å². The monoisotopic (exact) mass is 264 g/mol. The molecule has 0 spiro atoms. The van der Waals surface area contributed by atoms with Crippen molar-refractivity contribution >= 4 is 11.7 Å². The van der Waals surface area contributed by atoms with Crippen molar-refractivity contribution in [2.45, 2.75) is 19.3 Å². The number of carboxylic acids is 1. The number of para-hydroxylation sites is 1. The van der Waals surface area contributed by atoms with Crippen LogP contribution in [0.5, 0.6) is 5.75 Å². The van der Waals surface area contributed by atoms with Crippen molar-refractivity contribution < 1.29 is 19.6 Å². The molecular formula is C12H12N2O5. The van der Waals surface area contributed by atoms with E-state index in [4.69, 9.17) is 15.1 Å². The zero-order valence-electron chi connectivity index (χ0n) is 10.0. The summed E-state index contributed by atoms with van der Waals surface area (Å²) in [6.07, 6.45) is 1.49. The quantitative estimate of drug-likeness (QED) is 0.459. The molecule has 0 fully saturated rings. The van der Waals surface area contributed by atoms with Crippen molar-refractivity contribution in [1.29, 1.82) is 5.26 Å². The molecule has 0 aromatic heterocycles. The number of hydrogen-bond donors (Lipinski definition) is 1. The van der Waals surface area contributed by atoms with Crippen LogP contribution in [0.3, 0.4) is 0 Å². The molecule has 0 heterocycles. The van der Waals surface area contributed by atoms with Crippen molar-refractivity contribution in [2.24, 2.45) is 0 Å². The third kappa shape index (κ3) is 3.96. The number of ether oxygens (including phenoxy) is 1. The Labute approximate surface area is 109 Å². The highest BCUT2D eigenvalue weighted by Gasteiger charge is 2.22. The average Bonchev–Trinajstić information content (AvgIpc) is 2.38. The normalized spacial score (nSPS) is 9.63. The molecule has 1 aromatic carbocycles. The van der Waals surface area contributed by atoms with Gasteiger partial charge < -0.3 is 9.84 Å². The van der Waals surface area contributed by atoms with Crippen molar-refractivity contribution in [3.63, 3.8) is 0 Å². The van der Waals surface area contributed by atoms with E-state index in [0.717, 1.165) is 0 Å². The second kappa shape index (κ2) is 6.96. The van der Waals surface area contributed by atoms with Crippen LogP contribution in [0.25, 0.3) is 0 Å². The van der Waals surface area contributed by atoms with Gasteiger partial charge in [0.1, 0.15) is 5.56 Å². The van der Waals surface area contributed by atoms with Crippen LogP contribution in [0.2, 0.25) is 0 Å². The van der Waals surface area contributed by atoms with Crippen molar-refractivity contribution in [1.82, 2.24) is 0 Å². The van der Waals surface area contributed by atoms with E-state index in [-0.39, 0.29) is 23.6 Å². The molecule has 7 nitrogen and oxygen atoms in total. The fraction of sp³-hybridized carbons (Fsp3) is 0.333. The molecule has 0 atom stereocenters. The number of aromatic carboxylic acids is 1. The second-order valence-corrected chi connectivity index (χ2v) is 3.68. The summed E-state index contributed by atoms with van der Waals surface area (Å²) in [5, 5.41) is 28.1. The molecule has 1 aromatic rings. The minimum Gasteiger partial charge on any atom is -0.486 e. The topological polar surface area (TPSA) is 113 Å². The Bertz CT molecular complexity index is 489. The van der Waals surface area contributed by atoms with Gasteiger partial charge in [-0.1, -0.05) is 6.07 Å². The van der Waals surface area contributed by atoms with Crippen LogP contribution in [-0.2, 0) is 0 Å². The molecule has 0 radical (unpaired) electrons. The van der Waals surface area contributed by atoms with Crippen LogP contribution in [0, 0.1) is 21.4 Å². The summed E-state index contributed by atoms with van der Waals surface area (Å²) < 4.78 is 5.21. The Morgan fingerprint density at radius 2 is 2.21 bits per heavy atom. The molecule has 19 heavy (non-hydrogen) atoms. The van der Waals surface area contributed by atoms with Gasteiger partial charge in [0.25, 0.3) is 0 Å². The van der Waals surface area contributed by atoms with Crippen LogP contribution in [0.4, 0.5) is 5.69 Å². The highest BCUT2D eigenvalue weighted by Crippen LogP contribution is 2.31. The van der Waals surface area contributed by atoms with E-state index in [1.54, 1.807) is 0 Å². The minimum atomic E-state index is -1.28. The predicted molar refractivity (Wildman–Crippen MR) is 65.0 cm³/mol. The maximum absolute atomic E-state index is 11.0. The highest BCUT2D eigenvalue weighted by atomic mass is 16.6. The van der Waals surface area contributed by atoms with Gasteiger partial charge >= 0.3 is 11.7 Å². The van der Waals surface area contributed by atoms with E-state index >= 15 is 0 Å². The lowest BCUT2D eigenvalue weighted by molar-refractivity contribution is -0.385. The number of rotatable bonds is 7. The van der Waals surface area contributed by atoms with Crippen LogP contribution in [0.1, 0.15) is 29.6 Å². The number of nitriles is 1. The fourth-order valence-electron chi connectivity index (χ4n) is 1.47. The standard InChI is InChI=1S/C12H12N2O5/c13-7-2-1-3-8-19-11-9(12(15)16)5-4-6-10(11)14(17)18/h4-6H,1-3,8H2,(H,15,16). The molecule has 1 rings (SSSR count). The number of unbranched alkanes of at least 4 members (excludes halogenated alkanes) is 2. The molecule has 0 amide bonds. The van der Waals surface area contributed by atoms with Crippen molar-refractivity contribution in [2.75, 3.05) is 6.61 Å². The van der Waals surface area contributed by atoms with Gasteiger partial charge in [0.15, 0.2) is 0 Å². The third-order valence-corrected chi connectivity index (χ3v) is 2.35. The number of nitrogens with zero attached hydrogens (tertiary/aromatic N) is 2. The Kier molecular flexibility index (Phi) is 5.29. The summed E-state index contributed by atoms with van der Waals surface area (Å²) in [6, 6.07) is 5.70. The van der Waals surface area contributed by atoms with E-state index < -0.39 is 10.9 Å². The molecule has 0 aliphatic heterocycles. The highest BCUT2D eigenvalue weighted by molar-refractivity contribution is 5.92. The summed E-state index contributed by atoms with van der Waals surface area (Å²) in [6.45, 7) is 0.132. The molecule has 0 unspecified atom stereocenters. The van der Waals surface area contributed by atoms with Gasteiger partial charge in [0.2, 0.25) is 5.75 Å². The largest absolute Gasteiger partial charge is 0.486 e. The maximum atomic E-state index is 11.0. The number of carboxylic acid groups (broad SMARTS) is 1. The predicted octanol–water partition coefficient (Wildman–Crippen LogP) is 2.37. The van der Waals surface area contributed by atoms with Crippen LogP contribution in [-0.4, -0.2) is 22.6 Å². The Hall–Kier alpha value is -2.62. The lowest BCUT2D eigenvalue weighted by atomic mass is 10.1. The molecular weight excluding hydrogens is 252 g/mol. The van der Waals surface area contributed by atoms with E-state index in [1.807, 2.05) is 6.07 Å². The molecule has 0 bridgehead atoms. The fourth-order valence-corrected chi connectivity index (χ4v) is 1.47. The van der Waals surface area contributed by atoms with Gasteiger partial charge in [-0.3, -0.25) is 10.1 Å². The Morgan fingerprint density at radius 3 is 2.79 bits per heavy atom. The number of benzene rings is 1. The summed E-state index contributed by atoms with van der Waals surface area (Å²) in [7, 11) is 0. The number of nitro groups is 1. The molecule has 0 aliphatic rings. The van der Waals surface area contributed by atoms with Crippen molar-refractivity contribution in [3.05, 3.63) is 33.9 Å². The molecule has 0 aliphatic carbocycles. The van der Waals surface area contributed by atoms with E-state index in [1.165, 1.54) is 18.2 Å². The van der Waals surface area contributed by atoms with Crippen LogP contribution in [0.15, 0.2) is 18.2 Å². The minimum absolute atomic E-state index is 0.132. The first-order valence-corrected chi connectivity index (χ1v) is 5.58. The third-order valence-electron chi connectivity index (χ3n) is 2.35.